The summed E-state index contributed by atoms with van der Waals surface area (Å²) < 4.78 is 6.09. The van der Waals surface area contributed by atoms with Crippen LogP contribution in [0.2, 0.25) is 0 Å². The molecule has 3 heteroatoms. The van der Waals surface area contributed by atoms with E-state index in [1.165, 1.54) is 0 Å². The van der Waals surface area contributed by atoms with Crippen molar-refractivity contribution in [3.63, 3.8) is 0 Å². The average molecular weight is 317 g/mol. The van der Waals surface area contributed by atoms with Crippen LogP contribution in [0.3, 0.4) is 0 Å². The van der Waals surface area contributed by atoms with Crippen LogP contribution in [0.15, 0.2) is 59.1 Å². The van der Waals surface area contributed by atoms with E-state index >= 15 is 0 Å². The number of carbonyl (C=O) groups is 1. The van der Waals surface area contributed by atoms with Crippen LogP contribution in [0.25, 0.3) is 6.08 Å². The number of hydrogen-bond donors (Lipinski definition) is 0. The van der Waals surface area contributed by atoms with Crippen molar-refractivity contribution in [1.82, 2.24) is 0 Å². The van der Waals surface area contributed by atoms with Gasteiger partial charge in [0.2, 0.25) is 0 Å². The minimum Gasteiger partial charge on any atom is -0.497 e. The molecule has 0 fully saturated rings. The average Bonchev–Trinajstić information content (AvgIpc) is 2.45. The quantitative estimate of drug-likeness (QED) is 0.619. The van der Waals surface area contributed by atoms with Gasteiger partial charge >= 0.3 is 0 Å². The van der Waals surface area contributed by atoms with E-state index in [9.17, 15) is 4.79 Å². The highest BCUT2D eigenvalue weighted by Gasteiger charge is 2.02. The SMILES string of the molecule is COc1cccc(C(=O)C=Cc2cccc(Br)c2)c1. The lowest BCUT2D eigenvalue weighted by atomic mass is 10.1. The van der Waals surface area contributed by atoms with Crippen molar-refractivity contribution in [3.05, 3.63) is 70.2 Å². The van der Waals surface area contributed by atoms with Gasteiger partial charge in [0.25, 0.3) is 0 Å². The maximum absolute atomic E-state index is 12.0. The van der Waals surface area contributed by atoms with Gasteiger partial charge in [-0.2, -0.15) is 0 Å². The highest BCUT2D eigenvalue weighted by atomic mass is 79.9. The zero-order chi connectivity index (χ0) is 13.7. The van der Waals surface area contributed by atoms with Crippen LogP contribution >= 0.6 is 15.9 Å². The Morgan fingerprint density at radius 3 is 2.68 bits per heavy atom. The first-order chi connectivity index (χ1) is 9.19. The molecule has 0 radical (unpaired) electrons. The molecule has 0 N–H and O–H groups in total. The normalized spacial score (nSPS) is 10.6. The highest BCUT2D eigenvalue weighted by molar-refractivity contribution is 9.10. The number of rotatable bonds is 4. The molecule has 0 aliphatic heterocycles. The fraction of sp³-hybridized carbons (Fsp3) is 0.0625. The lowest BCUT2D eigenvalue weighted by molar-refractivity contribution is 0.104. The lowest BCUT2D eigenvalue weighted by Gasteiger charge is -2.01. The fourth-order valence-corrected chi connectivity index (χ4v) is 2.07. The molecule has 2 aromatic rings. The van der Waals surface area contributed by atoms with Crippen LogP contribution in [0.5, 0.6) is 5.75 Å². The minimum atomic E-state index is -0.0427. The molecule has 2 aromatic carbocycles. The summed E-state index contributed by atoms with van der Waals surface area (Å²) in [5.74, 6) is 0.639. The van der Waals surface area contributed by atoms with Crippen LogP contribution in [0.1, 0.15) is 15.9 Å². The van der Waals surface area contributed by atoms with E-state index in [0.717, 1.165) is 10.0 Å². The number of benzene rings is 2. The standard InChI is InChI=1S/C16H13BrO2/c1-19-15-7-3-5-13(11-15)16(18)9-8-12-4-2-6-14(17)10-12/h2-11H,1H3. The number of ether oxygens (including phenoxy) is 1. The van der Waals surface area contributed by atoms with Gasteiger partial charge < -0.3 is 4.74 Å². The zero-order valence-electron chi connectivity index (χ0n) is 10.5. The van der Waals surface area contributed by atoms with Gasteiger partial charge in [0.1, 0.15) is 5.75 Å². The molecule has 0 atom stereocenters. The molecule has 0 saturated heterocycles. The van der Waals surface area contributed by atoms with Crippen LogP contribution in [-0.4, -0.2) is 12.9 Å². The Kier molecular flexibility index (Phi) is 4.53. The Bertz CT molecular complexity index is 618. The molecule has 0 aromatic heterocycles. The van der Waals surface area contributed by atoms with Gasteiger partial charge in [0.05, 0.1) is 7.11 Å². The van der Waals surface area contributed by atoms with Crippen molar-refractivity contribution >= 4 is 27.8 Å². The van der Waals surface area contributed by atoms with E-state index in [1.807, 2.05) is 30.3 Å². The number of methoxy groups -OCH3 is 1. The summed E-state index contributed by atoms with van der Waals surface area (Å²) in [6.07, 6.45) is 3.36. The molecule has 0 amide bonds. The van der Waals surface area contributed by atoms with Gasteiger partial charge in [0, 0.05) is 10.0 Å². The molecule has 0 saturated carbocycles. The molecule has 0 spiro atoms. The summed E-state index contributed by atoms with van der Waals surface area (Å²) in [4.78, 5) is 12.0. The maximum Gasteiger partial charge on any atom is 0.185 e. The largest absolute Gasteiger partial charge is 0.497 e. The summed E-state index contributed by atoms with van der Waals surface area (Å²) in [6.45, 7) is 0. The van der Waals surface area contributed by atoms with E-state index in [2.05, 4.69) is 15.9 Å². The first-order valence-electron chi connectivity index (χ1n) is 5.81. The summed E-state index contributed by atoms with van der Waals surface area (Å²) >= 11 is 3.40. The van der Waals surface area contributed by atoms with E-state index in [4.69, 9.17) is 4.74 Å². The van der Waals surface area contributed by atoms with E-state index in [-0.39, 0.29) is 5.78 Å². The van der Waals surface area contributed by atoms with E-state index in [0.29, 0.717) is 11.3 Å². The minimum absolute atomic E-state index is 0.0427. The predicted octanol–water partition coefficient (Wildman–Crippen LogP) is 4.35. The molecular formula is C16H13BrO2. The Morgan fingerprint density at radius 1 is 1.16 bits per heavy atom. The smallest absolute Gasteiger partial charge is 0.185 e. The second kappa shape index (κ2) is 6.34. The van der Waals surface area contributed by atoms with Crippen molar-refractivity contribution < 1.29 is 9.53 Å². The van der Waals surface area contributed by atoms with Crippen molar-refractivity contribution in [2.75, 3.05) is 7.11 Å². The van der Waals surface area contributed by atoms with Gasteiger partial charge in [-0.25, -0.2) is 0 Å². The van der Waals surface area contributed by atoms with Crippen molar-refractivity contribution in [2.24, 2.45) is 0 Å². The molecule has 19 heavy (non-hydrogen) atoms. The Balaban J connectivity index is 2.16. The maximum atomic E-state index is 12.0. The third kappa shape index (κ3) is 3.80. The highest BCUT2D eigenvalue weighted by Crippen LogP contribution is 2.15. The number of ketones is 1. The second-order valence-electron chi connectivity index (χ2n) is 3.98. The van der Waals surface area contributed by atoms with Crippen molar-refractivity contribution in [1.29, 1.82) is 0 Å². The van der Waals surface area contributed by atoms with E-state index in [1.54, 1.807) is 37.5 Å². The van der Waals surface area contributed by atoms with Crippen LogP contribution < -0.4 is 4.74 Å². The molecule has 0 aliphatic rings. The van der Waals surface area contributed by atoms with Crippen LogP contribution in [-0.2, 0) is 0 Å². The summed E-state index contributed by atoms with van der Waals surface area (Å²) in [5.41, 5.74) is 1.59. The molecule has 2 nitrogen and oxygen atoms in total. The first kappa shape index (κ1) is 13.6. The molecule has 0 unspecified atom stereocenters. The van der Waals surface area contributed by atoms with Crippen molar-refractivity contribution in [3.8, 4) is 5.75 Å². The molecular weight excluding hydrogens is 304 g/mol. The molecule has 0 aliphatic carbocycles. The number of hydrogen-bond acceptors (Lipinski definition) is 2. The second-order valence-corrected chi connectivity index (χ2v) is 4.90. The lowest BCUT2D eigenvalue weighted by Crippen LogP contribution is -1.94. The third-order valence-corrected chi connectivity index (χ3v) is 3.12. The van der Waals surface area contributed by atoms with Gasteiger partial charge in [-0.3, -0.25) is 4.79 Å². The van der Waals surface area contributed by atoms with Crippen LogP contribution in [0, 0.1) is 0 Å². The Labute approximate surface area is 120 Å². The van der Waals surface area contributed by atoms with E-state index < -0.39 is 0 Å². The number of halogens is 1. The molecule has 2 rings (SSSR count). The summed E-state index contributed by atoms with van der Waals surface area (Å²) in [5, 5.41) is 0. The van der Waals surface area contributed by atoms with Gasteiger partial charge in [-0.15, -0.1) is 0 Å². The molecule has 96 valence electrons. The Morgan fingerprint density at radius 2 is 1.95 bits per heavy atom. The molecule has 0 heterocycles. The van der Waals surface area contributed by atoms with Gasteiger partial charge in [0.15, 0.2) is 5.78 Å². The van der Waals surface area contributed by atoms with Crippen LogP contribution in [0.4, 0.5) is 0 Å². The zero-order valence-corrected chi connectivity index (χ0v) is 12.1. The number of carbonyl (C=O) groups excluding carboxylic acids is 1. The predicted molar refractivity (Wildman–Crippen MR) is 80.5 cm³/mol. The first-order valence-corrected chi connectivity index (χ1v) is 6.60. The van der Waals surface area contributed by atoms with Gasteiger partial charge in [-0.05, 0) is 35.9 Å². The number of allylic oxidation sites excluding steroid dienone is 1. The fourth-order valence-electron chi connectivity index (χ4n) is 1.65. The third-order valence-electron chi connectivity index (χ3n) is 2.63. The Hall–Kier alpha value is -1.87. The monoisotopic (exact) mass is 316 g/mol. The van der Waals surface area contributed by atoms with Gasteiger partial charge in [-0.1, -0.05) is 46.3 Å². The summed E-state index contributed by atoms with van der Waals surface area (Å²) in [6, 6.07) is 14.9. The molecule has 0 bridgehead atoms. The summed E-state index contributed by atoms with van der Waals surface area (Å²) in [7, 11) is 1.58. The topological polar surface area (TPSA) is 26.3 Å². The van der Waals surface area contributed by atoms with Crippen molar-refractivity contribution in [2.45, 2.75) is 0 Å².